The summed E-state index contributed by atoms with van der Waals surface area (Å²) in [4.78, 5) is 12.1. The van der Waals surface area contributed by atoms with Crippen LogP contribution in [0.15, 0.2) is 54.6 Å². The van der Waals surface area contributed by atoms with Crippen LogP contribution in [0.4, 0.5) is 4.39 Å². The zero-order valence-corrected chi connectivity index (χ0v) is 32.2. The van der Waals surface area contributed by atoms with Gasteiger partial charge in [-0.2, -0.15) is 15.8 Å². The van der Waals surface area contributed by atoms with Gasteiger partial charge >= 0.3 is 5.97 Å². The molecule has 0 saturated heterocycles. The van der Waals surface area contributed by atoms with Crippen LogP contribution in [-0.2, 0) is 27.1 Å². The summed E-state index contributed by atoms with van der Waals surface area (Å²) in [5.41, 5.74) is 4.07. The van der Waals surface area contributed by atoms with Gasteiger partial charge in [0.25, 0.3) is 0 Å². The smallest absolute Gasteiger partial charge is 0.333 e. The first kappa shape index (κ1) is 43.0. The van der Waals surface area contributed by atoms with Crippen molar-refractivity contribution in [1.29, 1.82) is 15.8 Å². The molecule has 2 aromatic carbocycles. The van der Waals surface area contributed by atoms with Crippen LogP contribution in [0.5, 0.6) is 5.75 Å². The molecule has 3 rings (SSSR count). The number of hydrogen-bond acceptors (Lipinski definition) is 7. The molecule has 1 fully saturated rings. The second-order valence-corrected chi connectivity index (χ2v) is 15.0. The number of carbonyl (C=O) groups excluding carboxylic acids is 1. The van der Waals surface area contributed by atoms with Crippen molar-refractivity contribution in [1.82, 2.24) is 0 Å². The minimum atomic E-state index is -0.896. The van der Waals surface area contributed by atoms with E-state index in [9.17, 15) is 20.6 Å². The molecule has 1 aliphatic rings. The number of unbranched alkanes of at least 4 members (excludes halogenated alkanes) is 3. The van der Waals surface area contributed by atoms with Gasteiger partial charge in [-0.25, -0.2) is 9.18 Å². The van der Waals surface area contributed by atoms with Crippen LogP contribution in [0.3, 0.4) is 0 Å². The number of hydrogen-bond donors (Lipinski definition) is 0. The van der Waals surface area contributed by atoms with Gasteiger partial charge in [0.2, 0.25) is 0 Å². The summed E-state index contributed by atoms with van der Waals surface area (Å²) >= 11 is 0. The third kappa shape index (κ3) is 13.8. The van der Waals surface area contributed by atoms with Crippen LogP contribution in [0, 0.1) is 51.1 Å². The van der Waals surface area contributed by atoms with Gasteiger partial charge in [-0.1, -0.05) is 63.5 Å². The Morgan fingerprint density at radius 3 is 2.17 bits per heavy atom. The second-order valence-electron chi connectivity index (χ2n) is 15.0. The third-order valence-corrected chi connectivity index (χ3v) is 10.2. The normalized spacial score (nSPS) is 15.5. The van der Waals surface area contributed by atoms with Crippen LogP contribution in [0.1, 0.15) is 127 Å². The molecule has 1 aliphatic carbocycles. The van der Waals surface area contributed by atoms with E-state index in [1.165, 1.54) is 38.5 Å². The van der Waals surface area contributed by atoms with Crippen LogP contribution < -0.4 is 4.74 Å². The van der Waals surface area contributed by atoms with E-state index in [-0.39, 0.29) is 38.5 Å². The average Bonchev–Trinajstić information content (AvgIpc) is 3.13. The fraction of sp³-hybridized carbons (Fsp3) is 0.556. The average molecular weight is 724 g/mol. The van der Waals surface area contributed by atoms with Gasteiger partial charge in [0.15, 0.2) is 0 Å². The lowest BCUT2D eigenvalue weighted by atomic mass is 9.77. The van der Waals surface area contributed by atoms with E-state index in [0.717, 1.165) is 41.0 Å². The first-order valence-corrected chi connectivity index (χ1v) is 19.3. The Kier molecular flexibility index (Phi) is 18.3. The van der Waals surface area contributed by atoms with Crippen molar-refractivity contribution in [3.63, 3.8) is 0 Å². The molecule has 284 valence electrons. The predicted octanol–water partition coefficient (Wildman–Crippen LogP) is 11.0. The Bertz CT molecular complexity index is 1640. The number of aryl methyl sites for hydroxylation is 2. The van der Waals surface area contributed by atoms with Crippen molar-refractivity contribution in [3.05, 3.63) is 77.1 Å². The maximum absolute atomic E-state index is 16.1. The number of carbonyl (C=O) groups is 1. The Morgan fingerprint density at radius 1 is 0.906 bits per heavy atom. The molecule has 0 heterocycles. The van der Waals surface area contributed by atoms with Gasteiger partial charge in [0, 0.05) is 30.4 Å². The third-order valence-electron chi connectivity index (χ3n) is 10.2. The van der Waals surface area contributed by atoms with Crippen molar-refractivity contribution in [2.45, 2.75) is 123 Å². The van der Waals surface area contributed by atoms with E-state index in [0.29, 0.717) is 67.1 Å². The van der Waals surface area contributed by atoms with Crippen LogP contribution >= 0.6 is 0 Å². The molecule has 0 radical (unpaired) electrons. The minimum absolute atomic E-state index is 0.0382. The number of ether oxygens (including phenoxy) is 3. The lowest BCUT2D eigenvalue weighted by Gasteiger charge is -2.30. The second kappa shape index (κ2) is 22.6. The first-order valence-electron chi connectivity index (χ1n) is 19.3. The van der Waals surface area contributed by atoms with Gasteiger partial charge in [-0.05, 0) is 118 Å². The van der Waals surface area contributed by atoms with Gasteiger partial charge in [0.1, 0.15) is 11.6 Å². The SMILES string of the molecule is C=C(C)COCC(CC#N)(CC#N)COc1c(CCCC#N)cc(-c2ccc(C3CCC(CCCCC)CC3)cc2F)cc1CCCOC(=O)C(=C)C. The van der Waals surface area contributed by atoms with E-state index in [4.69, 9.17) is 14.2 Å². The Labute approximate surface area is 317 Å². The van der Waals surface area contributed by atoms with E-state index in [2.05, 4.69) is 44.4 Å². The molecule has 0 aromatic heterocycles. The summed E-state index contributed by atoms with van der Waals surface area (Å²) in [5, 5.41) is 28.9. The Morgan fingerprint density at radius 2 is 1.58 bits per heavy atom. The quantitative estimate of drug-likeness (QED) is 0.0485. The van der Waals surface area contributed by atoms with Gasteiger partial charge in [-0.3, -0.25) is 0 Å². The minimum Gasteiger partial charge on any atom is -0.492 e. The van der Waals surface area contributed by atoms with Crippen molar-refractivity contribution in [3.8, 4) is 35.1 Å². The highest BCUT2D eigenvalue weighted by Gasteiger charge is 2.33. The largest absolute Gasteiger partial charge is 0.492 e. The molecule has 0 atom stereocenters. The van der Waals surface area contributed by atoms with Crippen LogP contribution in [0.2, 0.25) is 0 Å². The molecule has 0 aliphatic heterocycles. The Balaban J connectivity index is 1.99. The summed E-state index contributed by atoms with van der Waals surface area (Å²) in [7, 11) is 0. The molecule has 53 heavy (non-hydrogen) atoms. The molecule has 0 unspecified atom stereocenters. The zero-order chi connectivity index (χ0) is 38.6. The number of esters is 1. The van der Waals surface area contributed by atoms with E-state index in [1.807, 2.05) is 25.1 Å². The van der Waals surface area contributed by atoms with Crippen molar-refractivity contribution >= 4 is 5.97 Å². The Hall–Kier alpha value is -4.45. The molecule has 8 heteroatoms. The van der Waals surface area contributed by atoms with Gasteiger partial charge < -0.3 is 14.2 Å². The lowest BCUT2D eigenvalue weighted by molar-refractivity contribution is -0.139. The molecule has 0 N–H and O–H groups in total. The summed E-state index contributed by atoms with van der Waals surface area (Å²) < 4.78 is 34.0. The number of nitriles is 3. The first-order chi connectivity index (χ1) is 25.6. The highest BCUT2D eigenvalue weighted by atomic mass is 19.1. The monoisotopic (exact) mass is 723 g/mol. The maximum atomic E-state index is 16.1. The van der Waals surface area contributed by atoms with Crippen molar-refractivity contribution in [2.24, 2.45) is 11.3 Å². The molecular weight excluding hydrogens is 666 g/mol. The fourth-order valence-corrected chi connectivity index (χ4v) is 7.17. The molecular formula is C45H58FN3O4. The van der Waals surface area contributed by atoms with Crippen LogP contribution in [-0.4, -0.2) is 32.4 Å². The molecule has 1 saturated carbocycles. The zero-order valence-electron chi connectivity index (χ0n) is 32.2. The number of halogens is 1. The molecule has 2 aromatic rings. The summed E-state index contributed by atoms with van der Waals surface area (Å²) in [5.74, 6) is 0.969. The standard InChI is InChI=1S/C45H58FN3O4/c1-6-7-8-12-35-15-17-36(18-16-35)37-19-20-41(42(46)29-37)40-27-38(13-9-10-23-47)43(39(28-40)14-11-26-52-44(50)34(4)5)53-32-45(21-24-48,22-25-49)31-51-30-33(2)3/h19-20,27-29,35-36H,2,4,6-18,21-22,26,30-32H2,1,3,5H3. The fourth-order valence-electron chi connectivity index (χ4n) is 7.17. The molecule has 0 bridgehead atoms. The number of nitrogens with zero attached hydrogens (tertiary/aromatic N) is 3. The maximum Gasteiger partial charge on any atom is 0.333 e. The summed E-state index contributed by atoms with van der Waals surface area (Å²) in [6, 6.07) is 16.2. The topological polar surface area (TPSA) is 116 Å². The highest BCUT2D eigenvalue weighted by molar-refractivity contribution is 5.86. The summed E-state index contributed by atoms with van der Waals surface area (Å²) in [6.45, 7) is 13.8. The molecule has 0 spiro atoms. The van der Waals surface area contributed by atoms with Crippen LogP contribution in [0.25, 0.3) is 11.1 Å². The highest BCUT2D eigenvalue weighted by Crippen LogP contribution is 2.40. The molecule has 0 amide bonds. The number of rotatable bonds is 23. The predicted molar refractivity (Wildman–Crippen MR) is 207 cm³/mol. The van der Waals surface area contributed by atoms with Crippen molar-refractivity contribution < 1.29 is 23.4 Å². The van der Waals surface area contributed by atoms with E-state index < -0.39 is 11.4 Å². The lowest BCUT2D eigenvalue weighted by Crippen LogP contribution is -2.34. The van der Waals surface area contributed by atoms with Gasteiger partial charge in [0.05, 0.1) is 50.1 Å². The van der Waals surface area contributed by atoms with Crippen molar-refractivity contribution in [2.75, 3.05) is 26.4 Å². The van der Waals surface area contributed by atoms with E-state index >= 15 is 4.39 Å². The number of benzene rings is 2. The van der Waals surface area contributed by atoms with E-state index in [1.54, 1.807) is 13.0 Å². The molecule has 7 nitrogen and oxygen atoms in total. The summed E-state index contributed by atoms with van der Waals surface area (Å²) in [6.07, 6.45) is 12.1. The van der Waals surface area contributed by atoms with Gasteiger partial charge in [-0.15, -0.1) is 0 Å².